The highest BCUT2D eigenvalue weighted by molar-refractivity contribution is 6.06. The van der Waals surface area contributed by atoms with Gasteiger partial charge in [-0.3, -0.25) is 9.59 Å². The van der Waals surface area contributed by atoms with Crippen molar-refractivity contribution in [1.82, 2.24) is 0 Å². The minimum atomic E-state index is -2.61. The highest BCUT2D eigenvalue weighted by atomic mass is 19.1. The maximum atomic E-state index is 13.2. The van der Waals surface area contributed by atoms with Crippen LogP contribution in [0.4, 0.5) is 4.39 Å². The second-order valence-corrected chi connectivity index (χ2v) is 7.00. The van der Waals surface area contributed by atoms with E-state index in [1.165, 1.54) is 49.6 Å². The van der Waals surface area contributed by atoms with Crippen molar-refractivity contribution in [3.8, 4) is 11.3 Å². The lowest BCUT2D eigenvalue weighted by atomic mass is 9.66. The van der Waals surface area contributed by atoms with Crippen LogP contribution in [-0.2, 0) is 9.59 Å². The number of carbonyl (C=O) groups excluding carboxylic acids is 1. The first-order chi connectivity index (χ1) is 13.1. The van der Waals surface area contributed by atoms with E-state index in [4.69, 9.17) is 4.42 Å². The van der Waals surface area contributed by atoms with Gasteiger partial charge in [0.1, 0.15) is 11.6 Å². The van der Waals surface area contributed by atoms with Crippen LogP contribution in [0.2, 0.25) is 0 Å². The molecule has 3 rings (SSSR count). The number of aliphatic hydroxyl groups is 1. The Hall–Kier alpha value is -3.26. The fourth-order valence-electron chi connectivity index (χ4n) is 3.35. The highest BCUT2D eigenvalue weighted by Crippen LogP contribution is 2.42. The van der Waals surface area contributed by atoms with E-state index in [1.807, 2.05) is 0 Å². The Kier molecular flexibility index (Phi) is 4.68. The molecule has 1 aliphatic rings. The van der Waals surface area contributed by atoms with Gasteiger partial charge >= 0.3 is 11.9 Å². The summed E-state index contributed by atoms with van der Waals surface area (Å²) in [6, 6.07) is 6.47. The van der Waals surface area contributed by atoms with E-state index in [1.54, 1.807) is 0 Å². The Labute approximate surface area is 158 Å². The number of carboxylic acid groups (broad SMARTS) is 2. The molecule has 28 heavy (non-hydrogen) atoms. The highest BCUT2D eigenvalue weighted by Gasteiger charge is 2.55. The maximum Gasteiger partial charge on any atom is 0.336 e. The minimum Gasteiger partial charge on any atom is -0.481 e. The lowest BCUT2D eigenvalue weighted by Gasteiger charge is -2.39. The molecule has 8 heteroatoms. The number of halogens is 1. The Balaban J connectivity index is 2.05. The molecule has 1 aromatic heterocycles. The number of aliphatic carboxylic acids is 2. The average molecular weight is 388 g/mol. The molecule has 0 bridgehead atoms. The van der Waals surface area contributed by atoms with Gasteiger partial charge in [-0.15, -0.1) is 0 Å². The number of ketones is 1. The summed E-state index contributed by atoms with van der Waals surface area (Å²) in [7, 11) is 0. The van der Waals surface area contributed by atoms with Crippen LogP contribution in [0.15, 0.2) is 53.2 Å². The molecule has 0 amide bonds. The maximum absolute atomic E-state index is 13.2. The number of benzene rings is 1. The first-order valence-corrected chi connectivity index (χ1v) is 8.35. The molecule has 1 aliphatic carbocycles. The topological polar surface area (TPSA) is 125 Å². The molecule has 2 aromatic rings. The number of hydrogen-bond acceptors (Lipinski definition) is 5. The van der Waals surface area contributed by atoms with Crippen LogP contribution >= 0.6 is 0 Å². The molecule has 1 aromatic carbocycles. The summed E-state index contributed by atoms with van der Waals surface area (Å²) in [5.41, 5.74) is -3.86. The predicted molar refractivity (Wildman–Crippen MR) is 94.0 cm³/mol. The van der Waals surface area contributed by atoms with Crippen LogP contribution < -0.4 is 0 Å². The number of furan rings is 1. The third kappa shape index (κ3) is 3.11. The average Bonchev–Trinajstić information content (AvgIpc) is 3.11. The van der Waals surface area contributed by atoms with Gasteiger partial charge in [-0.2, -0.15) is 0 Å². The van der Waals surface area contributed by atoms with E-state index in [2.05, 4.69) is 0 Å². The summed E-state index contributed by atoms with van der Waals surface area (Å²) in [5.74, 6) is -5.67. The standard InChI is InChI=1S/C20H17FO7/c1-19(17(23)24)8-6-14(20(27,10-19)18(25)26)15(22)13-7-9-28-16(13)11-2-4-12(21)5-3-11/h2-9,14,27H,10H2,1H3,(H,23,24)(H,25,26). The zero-order valence-corrected chi connectivity index (χ0v) is 14.8. The predicted octanol–water partition coefficient (Wildman–Crippen LogP) is 2.75. The van der Waals surface area contributed by atoms with Crippen LogP contribution in [0.25, 0.3) is 11.3 Å². The van der Waals surface area contributed by atoms with Crippen molar-refractivity contribution in [3.05, 3.63) is 60.1 Å². The lowest BCUT2D eigenvalue weighted by molar-refractivity contribution is -0.169. The fraction of sp³-hybridized carbons (Fsp3) is 0.250. The van der Waals surface area contributed by atoms with E-state index < -0.39 is 46.9 Å². The number of hydrogen-bond donors (Lipinski definition) is 3. The van der Waals surface area contributed by atoms with Crippen molar-refractivity contribution < 1.29 is 38.5 Å². The van der Waals surface area contributed by atoms with E-state index >= 15 is 0 Å². The third-order valence-electron chi connectivity index (χ3n) is 4.99. The molecule has 0 fully saturated rings. The van der Waals surface area contributed by atoms with Crippen molar-refractivity contribution in [2.45, 2.75) is 18.9 Å². The van der Waals surface area contributed by atoms with Gasteiger partial charge in [0.05, 0.1) is 23.2 Å². The molecule has 3 unspecified atom stereocenters. The molecule has 0 aliphatic heterocycles. The zero-order valence-electron chi connectivity index (χ0n) is 14.8. The van der Waals surface area contributed by atoms with Gasteiger partial charge in [0.2, 0.25) is 0 Å². The van der Waals surface area contributed by atoms with Gasteiger partial charge in [0, 0.05) is 12.0 Å². The van der Waals surface area contributed by atoms with Gasteiger partial charge in [0.15, 0.2) is 11.4 Å². The van der Waals surface area contributed by atoms with Crippen LogP contribution in [0.3, 0.4) is 0 Å². The number of carboxylic acids is 2. The van der Waals surface area contributed by atoms with Crippen LogP contribution in [-0.4, -0.2) is 38.6 Å². The van der Waals surface area contributed by atoms with Gasteiger partial charge < -0.3 is 19.7 Å². The summed E-state index contributed by atoms with van der Waals surface area (Å²) in [4.78, 5) is 36.3. The smallest absolute Gasteiger partial charge is 0.336 e. The van der Waals surface area contributed by atoms with Gasteiger partial charge in [-0.05, 0) is 37.3 Å². The van der Waals surface area contributed by atoms with Crippen molar-refractivity contribution in [3.63, 3.8) is 0 Å². The van der Waals surface area contributed by atoms with Crippen LogP contribution in [0, 0.1) is 17.2 Å². The van der Waals surface area contributed by atoms with Gasteiger partial charge in [-0.25, -0.2) is 9.18 Å². The Morgan fingerprint density at radius 3 is 2.32 bits per heavy atom. The fourth-order valence-corrected chi connectivity index (χ4v) is 3.35. The van der Waals surface area contributed by atoms with Gasteiger partial charge in [-0.1, -0.05) is 12.2 Å². The lowest BCUT2D eigenvalue weighted by Crippen LogP contribution is -2.54. The summed E-state index contributed by atoms with van der Waals surface area (Å²) < 4.78 is 18.5. The second kappa shape index (κ2) is 6.72. The molecule has 0 spiro atoms. The Morgan fingerprint density at radius 2 is 1.75 bits per heavy atom. The van der Waals surface area contributed by atoms with Crippen LogP contribution in [0.5, 0.6) is 0 Å². The molecule has 3 N–H and O–H groups in total. The molecular weight excluding hydrogens is 371 g/mol. The molecule has 3 atom stereocenters. The van der Waals surface area contributed by atoms with Crippen molar-refractivity contribution in [2.24, 2.45) is 11.3 Å². The summed E-state index contributed by atoms with van der Waals surface area (Å²) >= 11 is 0. The van der Waals surface area contributed by atoms with Crippen LogP contribution in [0.1, 0.15) is 23.7 Å². The number of Topliss-reactive ketones (excluding diaryl/α,β-unsaturated/α-hetero) is 1. The first-order valence-electron chi connectivity index (χ1n) is 8.35. The van der Waals surface area contributed by atoms with E-state index in [9.17, 15) is 34.1 Å². The summed E-state index contributed by atoms with van der Waals surface area (Å²) in [6.45, 7) is 1.27. The first kappa shape index (κ1) is 19.5. The normalized spacial score (nSPS) is 26.8. The van der Waals surface area contributed by atoms with E-state index in [-0.39, 0.29) is 11.3 Å². The van der Waals surface area contributed by atoms with E-state index in [0.717, 1.165) is 6.08 Å². The quantitative estimate of drug-likeness (QED) is 0.531. The Bertz CT molecular complexity index is 975. The molecule has 146 valence electrons. The number of carbonyl (C=O) groups is 3. The SMILES string of the molecule is CC1(C(=O)O)C=CC(C(=O)c2ccoc2-c2ccc(F)cc2)C(O)(C(=O)O)C1. The minimum absolute atomic E-state index is 0.000128. The molecule has 0 saturated carbocycles. The monoisotopic (exact) mass is 388 g/mol. The number of rotatable bonds is 5. The summed E-state index contributed by atoms with van der Waals surface area (Å²) in [6.07, 6.45) is 2.86. The van der Waals surface area contributed by atoms with Crippen molar-refractivity contribution in [2.75, 3.05) is 0 Å². The van der Waals surface area contributed by atoms with Gasteiger partial charge in [0.25, 0.3) is 0 Å². The molecule has 7 nitrogen and oxygen atoms in total. The van der Waals surface area contributed by atoms with Crippen molar-refractivity contribution in [1.29, 1.82) is 0 Å². The zero-order chi connectivity index (χ0) is 20.7. The largest absolute Gasteiger partial charge is 0.481 e. The summed E-state index contributed by atoms with van der Waals surface area (Å²) in [5, 5.41) is 29.6. The molecule has 1 heterocycles. The molecule has 0 saturated heterocycles. The third-order valence-corrected chi connectivity index (χ3v) is 4.99. The van der Waals surface area contributed by atoms with E-state index in [0.29, 0.717) is 5.56 Å². The van der Waals surface area contributed by atoms with Crippen molar-refractivity contribution >= 4 is 17.7 Å². The molecular formula is C20H17FO7. The molecule has 0 radical (unpaired) electrons. The second-order valence-electron chi connectivity index (χ2n) is 7.00. The Morgan fingerprint density at radius 1 is 1.11 bits per heavy atom.